The predicted molar refractivity (Wildman–Crippen MR) is 225 cm³/mol. The van der Waals surface area contributed by atoms with E-state index >= 15 is 0 Å². The lowest BCUT2D eigenvalue weighted by Crippen LogP contribution is -2.39. The number of alkyl halides is 8. The Morgan fingerprint density at radius 3 is 1.67 bits per heavy atom. The number of ether oxygens (including phenoxy) is 2. The van der Waals surface area contributed by atoms with Crippen LogP contribution in [0.15, 0.2) is 58.1 Å². The Kier molecular flexibility index (Phi) is 14.0. The first-order valence-electron chi connectivity index (χ1n) is 20.2. The molecule has 6 rings (SSSR count). The summed E-state index contributed by atoms with van der Waals surface area (Å²) in [6, 6.07) is 9.73. The van der Waals surface area contributed by atoms with Gasteiger partial charge >= 0.3 is 30.3 Å². The maximum atomic E-state index is 13.7. The topological polar surface area (TPSA) is 190 Å². The number of aromatic hydroxyl groups is 1. The van der Waals surface area contributed by atoms with Crippen LogP contribution in [-0.4, -0.2) is 79.9 Å². The average Bonchev–Trinajstić information content (AvgIpc) is 3.75. The number of nitrogens with zero attached hydrogens (tertiary/aromatic N) is 2. The van der Waals surface area contributed by atoms with E-state index in [1.54, 1.807) is 54.4 Å². The summed E-state index contributed by atoms with van der Waals surface area (Å²) in [5, 5.41) is 17.5. The van der Waals surface area contributed by atoms with E-state index in [9.17, 15) is 64.2 Å². The standard InChI is InChI=1S/C44H42F8N6O8/c1-6-28-34(21-8-10-31-23(12-21)15-27(58(31)5)19-54-25(16-45)17-46)55-38(60)32(36(28)59)40(62)66-41(63)33-37(65-42(64)44(50,51)52)29(7-2)35(56-39(33)61)22-9-11-30-24(13-22)14-26(57(30)4)18-53-20(3)43(47,48)49/h8-15,20,25,53-54H,6-7,16-19H2,1-5H3,(H,56,61)(H2,55,59,60)/t20-/m0/s1. The maximum absolute atomic E-state index is 13.7. The van der Waals surface area contributed by atoms with Crippen molar-refractivity contribution in [3.8, 4) is 34.0 Å². The molecule has 22 heteroatoms. The number of aryl methyl sites for hydroxylation is 2. The Morgan fingerprint density at radius 1 is 0.727 bits per heavy atom. The Bertz CT molecular complexity index is 2980. The Hall–Kier alpha value is -6.81. The number of halogens is 8. The van der Waals surface area contributed by atoms with Gasteiger partial charge in [-0.15, -0.1) is 0 Å². The van der Waals surface area contributed by atoms with Crippen molar-refractivity contribution in [1.29, 1.82) is 0 Å². The second-order valence-corrected chi connectivity index (χ2v) is 15.3. The second kappa shape index (κ2) is 19.0. The summed E-state index contributed by atoms with van der Waals surface area (Å²) < 4.78 is 119. The lowest BCUT2D eigenvalue weighted by atomic mass is 9.99. The van der Waals surface area contributed by atoms with E-state index in [-0.39, 0.29) is 54.0 Å². The maximum Gasteiger partial charge on any atom is 0.491 e. The number of hydrogen-bond donors (Lipinski definition) is 5. The monoisotopic (exact) mass is 934 g/mol. The summed E-state index contributed by atoms with van der Waals surface area (Å²) in [5.74, 6) is -8.78. The number of carbonyl (C=O) groups is 3. The molecule has 14 nitrogen and oxygen atoms in total. The van der Waals surface area contributed by atoms with Gasteiger partial charge in [0.05, 0.1) is 17.4 Å². The van der Waals surface area contributed by atoms with Crippen LogP contribution in [0.2, 0.25) is 0 Å². The number of rotatable bonds is 15. The van der Waals surface area contributed by atoms with Crippen molar-refractivity contribution in [2.45, 2.75) is 71.1 Å². The molecule has 0 fully saturated rings. The molecule has 0 saturated carbocycles. The second-order valence-electron chi connectivity index (χ2n) is 15.3. The predicted octanol–water partition coefficient (Wildman–Crippen LogP) is 7.11. The molecule has 4 aromatic heterocycles. The lowest BCUT2D eigenvalue weighted by Gasteiger charge is -2.18. The van der Waals surface area contributed by atoms with E-state index in [0.29, 0.717) is 38.8 Å². The molecular formula is C44H42F8N6O8. The quantitative estimate of drug-likeness (QED) is 0.0403. The molecule has 4 heterocycles. The van der Waals surface area contributed by atoms with Gasteiger partial charge in [-0.1, -0.05) is 26.0 Å². The molecule has 2 aromatic carbocycles. The summed E-state index contributed by atoms with van der Waals surface area (Å²) in [6.45, 7) is 1.97. The zero-order valence-corrected chi connectivity index (χ0v) is 35.7. The van der Waals surface area contributed by atoms with Crippen molar-refractivity contribution >= 4 is 39.7 Å². The van der Waals surface area contributed by atoms with E-state index in [4.69, 9.17) is 4.74 Å². The molecule has 0 unspecified atom stereocenters. The van der Waals surface area contributed by atoms with Crippen LogP contribution in [-0.2, 0) is 49.6 Å². The van der Waals surface area contributed by atoms with Crippen molar-refractivity contribution in [3.05, 3.63) is 103 Å². The summed E-state index contributed by atoms with van der Waals surface area (Å²) in [5.41, 5.74) is -3.01. The molecule has 0 aliphatic rings. The van der Waals surface area contributed by atoms with E-state index < -0.39 is 89.4 Å². The highest BCUT2D eigenvalue weighted by atomic mass is 19.4. The number of aromatic amines is 2. The molecule has 66 heavy (non-hydrogen) atoms. The molecular weight excluding hydrogens is 893 g/mol. The molecule has 352 valence electrons. The minimum absolute atomic E-state index is 0.00944. The van der Waals surface area contributed by atoms with Crippen LogP contribution >= 0.6 is 0 Å². The third kappa shape index (κ3) is 9.59. The van der Waals surface area contributed by atoms with E-state index in [2.05, 4.69) is 25.3 Å². The van der Waals surface area contributed by atoms with Gasteiger partial charge in [0.15, 0.2) is 16.9 Å². The van der Waals surface area contributed by atoms with Crippen LogP contribution in [0.1, 0.15) is 64.0 Å². The Morgan fingerprint density at radius 2 is 1.20 bits per heavy atom. The van der Waals surface area contributed by atoms with Gasteiger partial charge in [-0.2, -0.15) is 26.3 Å². The number of aromatic nitrogens is 4. The van der Waals surface area contributed by atoms with Gasteiger partial charge in [-0.3, -0.25) is 9.59 Å². The first kappa shape index (κ1) is 48.6. The van der Waals surface area contributed by atoms with Gasteiger partial charge in [-0.05, 0) is 67.3 Å². The largest absolute Gasteiger partial charge is 0.506 e. The normalized spacial score (nSPS) is 12.6. The Labute approximate surface area is 368 Å². The fourth-order valence-electron chi connectivity index (χ4n) is 7.48. The third-order valence-electron chi connectivity index (χ3n) is 11.2. The van der Waals surface area contributed by atoms with Crippen LogP contribution in [0.3, 0.4) is 0 Å². The highest BCUT2D eigenvalue weighted by Gasteiger charge is 2.43. The van der Waals surface area contributed by atoms with Crippen LogP contribution in [0, 0.1) is 0 Å². The number of carbonyl (C=O) groups excluding carboxylic acids is 3. The SMILES string of the molecule is CCc1c(-c2ccc3c(c2)cc(CNC(CF)CF)n3C)[nH]c(=O)c(C(=O)OC(=O)c2c(OC(=O)C(F)(F)F)c(CC)c(-c3ccc4c(c3)cc(CN[C@@H](C)C(F)(F)F)n4C)[nH]c2=O)c1O. The number of hydrogen-bond acceptors (Lipinski definition) is 10. The zero-order chi connectivity index (χ0) is 48.6. The zero-order valence-electron chi connectivity index (χ0n) is 35.7. The molecule has 0 aliphatic heterocycles. The molecule has 0 saturated heterocycles. The third-order valence-corrected chi connectivity index (χ3v) is 11.2. The first-order chi connectivity index (χ1) is 31.0. The molecule has 0 bridgehead atoms. The van der Waals surface area contributed by atoms with E-state index in [0.717, 1.165) is 6.92 Å². The number of pyridine rings is 2. The van der Waals surface area contributed by atoms with Crippen molar-refractivity contribution in [2.75, 3.05) is 13.3 Å². The molecule has 0 aliphatic carbocycles. The summed E-state index contributed by atoms with van der Waals surface area (Å²) in [4.78, 5) is 71.6. The lowest BCUT2D eigenvalue weighted by molar-refractivity contribution is -0.189. The minimum Gasteiger partial charge on any atom is -0.506 e. The van der Waals surface area contributed by atoms with Crippen LogP contribution in [0.25, 0.3) is 44.3 Å². The highest BCUT2D eigenvalue weighted by molar-refractivity contribution is 6.06. The van der Waals surface area contributed by atoms with Crippen molar-refractivity contribution < 1.29 is 64.1 Å². The number of esters is 3. The molecule has 0 radical (unpaired) electrons. The summed E-state index contributed by atoms with van der Waals surface area (Å²) in [6.07, 6.45) is -10.5. The fourth-order valence-corrected chi connectivity index (χ4v) is 7.48. The van der Waals surface area contributed by atoms with Crippen molar-refractivity contribution in [2.24, 2.45) is 14.1 Å². The molecule has 1 atom stereocenters. The van der Waals surface area contributed by atoms with Crippen molar-refractivity contribution in [1.82, 2.24) is 29.7 Å². The smallest absolute Gasteiger partial charge is 0.491 e. The van der Waals surface area contributed by atoms with Crippen LogP contribution < -0.4 is 26.5 Å². The first-order valence-corrected chi connectivity index (χ1v) is 20.2. The fraction of sp³-hybridized carbons (Fsp3) is 0.341. The number of H-pyrrole nitrogens is 2. The molecule has 5 N–H and O–H groups in total. The van der Waals surface area contributed by atoms with Crippen LogP contribution in [0.5, 0.6) is 11.5 Å². The highest BCUT2D eigenvalue weighted by Crippen LogP contribution is 2.36. The van der Waals surface area contributed by atoms with E-state index in [1.807, 2.05) is 0 Å². The molecule has 6 aromatic rings. The molecule has 0 amide bonds. The Balaban J connectivity index is 1.36. The summed E-state index contributed by atoms with van der Waals surface area (Å²) >= 11 is 0. The van der Waals surface area contributed by atoms with E-state index in [1.165, 1.54) is 31.2 Å². The van der Waals surface area contributed by atoms with Gasteiger partial charge < -0.3 is 44.3 Å². The average molecular weight is 935 g/mol. The van der Waals surface area contributed by atoms with Gasteiger partial charge in [0.1, 0.15) is 25.1 Å². The molecule has 0 spiro atoms. The van der Waals surface area contributed by atoms with Crippen molar-refractivity contribution in [3.63, 3.8) is 0 Å². The number of fused-ring (bicyclic) bond motifs is 2. The van der Waals surface area contributed by atoms with Gasteiger partial charge in [0.2, 0.25) is 0 Å². The van der Waals surface area contributed by atoms with Gasteiger partial charge in [0, 0.05) is 71.5 Å². The minimum atomic E-state index is -5.65. The number of nitrogens with one attached hydrogen (secondary N) is 4. The van der Waals surface area contributed by atoms with Crippen LogP contribution in [0.4, 0.5) is 35.1 Å². The number of benzene rings is 2. The summed E-state index contributed by atoms with van der Waals surface area (Å²) in [7, 11) is 3.32. The van der Waals surface area contributed by atoms with Gasteiger partial charge in [0.25, 0.3) is 11.1 Å². The van der Waals surface area contributed by atoms with Gasteiger partial charge in [-0.25, -0.2) is 23.2 Å².